The van der Waals surface area contributed by atoms with Crippen LogP contribution in [0.15, 0.2) is 12.4 Å². The fourth-order valence-corrected chi connectivity index (χ4v) is 0.819. The summed E-state index contributed by atoms with van der Waals surface area (Å²) in [6.07, 6.45) is 2.66. The molecule has 3 nitrogen and oxygen atoms in total. The summed E-state index contributed by atoms with van der Waals surface area (Å²) >= 11 is 0. The van der Waals surface area contributed by atoms with Crippen LogP contribution in [-0.4, -0.2) is 24.3 Å². The van der Waals surface area contributed by atoms with Gasteiger partial charge in [0.15, 0.2) is 5.78 Å². The van der Waals surface area contributed by atoms with Crippen LogP contribution in [0.2, 0.25) is 0 Å². The van der Waals surface area contributed by atoms with Crippen LogP contribution >= 0.6 is 0 Å². The molecule has 0 rings (SSSR count). The van der Waals surface area contributed by atoms with Gasteiger partial charge in [-0.2, -0.15) is 0 Å². The smallest absolute Gasteiger partial charge is 0.152 e. The predicted molar refractivity (Wildman–Crippen MR) is 50.5 cm³/mol. The van der Waals surface area contributed by atoms with Crippen molar-refractivity contribution >= 4 is 5.78 Å². The predicted octanol–water partition coefficient (Wildman–Crippen LogP) is 1.11. The lowest BCUT2D eigenvalue weighted by Crippen LogP contribution is -2.28. The maximum atomic E-state index is 11.2. The largest absolute Gasteiger partial charge is 0.386 e. The summed E-state index contributed by atoms with van der Waals surface area (Å²) in [7, 11) is 1.77. The number of carbonyl (C=O) groups excluding carboxylic acids is 1. The summed E-state index contributed by atoms with van der Waals surface area (Å²) in [5.74, 6) is 0.672. The highest BCUT2D eigenvalue weighted by Crippen LogP contribution is 1.98. The first kappa shape index (κ1) is 11.0. The molecule has 0 aromatic rings. The zero-order valence-electron chi connectivity index (χ0n) is 7.97. The van der Waals surface area contributed by atoms with Gasteiger partial charge in [-0.3, -0.25) is 4.79 Å². The number of likely N-dealkylation sites (N-methyl/N-ethyl adjacent to an activating group) is 1. The van der Waals surface area contributed by atoms with E-state index in [9.17, 15) is 4.79 Å². The quantitative estimate of drug-likeness (QED) is 0.649. The molecule has 0 saturated heterocycles. The molecule has 0 atom stereocenters. The van der Waals surface area contributed by atoms with Crippen LogP contribution < -0.4 is 5.73 Å². The highest BCUT2D eigenvalue weighted by molar-refractivity contribution is 5.80. The monoisotopic (exact) mass is 170 g/mol. The number of Topliss-reactive ketones (excluding diaryl/α,β-unsaturated/α-hetero) is 1. The van der Waals surface area contributed by atoms with E-state index >= 15 is 0 Å². The molecule has 0 aromatic heterocycles. The summed E-state index contributed by atoms with van der Waals surface area (Å²) in [5, 5.41) is 0. The topological polar surface area (TPSA) is 46.3 Å². The molecule has 0 spiro atoms. The van der Waals surface area contributed by atoms with Gasteiger partial charge in [-0.05, 0) is 6.42 Å². The third-order valence-corrected chi connectivity index (χ3v) is 1.71. The molecule has 12 heavy (non-hydrogen) atoms. The van der Waals surface area contributed by atoms with Gasteiger partial charge in [0.1, 0.15) is 0 Å². The molecular weight excluding hydrogens is 152 g/mol. The Kier molecular flexibility index (Phi) is 5.17. The van der Waals surface area contributed by atoms with Crippen molar-refractivity contribution < 1.29 is 4.79 Å². The molecule has 0 heterocycles. The van der Waals surface area contributed by atoms with Gasteiger partial charge in [-0.1, -0.05) is 19.9 Å². The fraction of sp³-hybridized carbons (Fsp3) is 0.667. The van der Waals surface area contributed by atoms with Crippen molar-refractivity contribution in [3.8, 4) is 0 Å². The molecular formula is C9H18N2O. The highest BCUT2D eigenvalue weighted by Gasteiger charge is 2.04. The van der Waals surface area contributed by atoms with Gasteiger partial charge >= 0.3 is 0 Å². The lowest BCUT2D eigenvalue weighted by atomic mass is 10.2. The van der Waals surface area contributed by atoms with Crippen LogP contribution in [0.4, 0.5) is 0 Å². The Hall–Kier alpha value is -0.990. The van der Waals surface area contributed by atoms with E-state index in [0.717, 1.165) is 12.8 Å². The third kappa shape index (κ3) is 4.77. The third-order valence-electron chi connectivity index (χ3n) is 1.71. The number of nitrogens with zero attached hydrogens (tertiary/aromatic N) is 1. The molecule has 3 heteroatoms. The second-order valence-corrected chi connectivity index (χ2v) is 2.99. The Balaban J connectivity index is 3.61. The Bertz CT molecular complexity index is 166. The van der Waals surface area contributed by atoms with Crippen LogP contribution in [0, 0.1) is 0 Å². The molecule has 0 aliphatic rings. The van der Waals surface area contributed by atoms with Gasteiger partial charge < -0.3 is 10.6 Å². The van der Waals surface area contributed by atoms with Crippen LogP contribution in [0.1, 0.15) is 26.2 Å². The van der Waals surface area contributed by atoms with E-state index in [4.69, 9.17) is 5.73 Å². The number of ketones is 1. The molecule has 0 aliphatic heterocycles. The van der Waals surface area contributed by atoms with Crippen molar-refractivity contribution in [3.63, 3.8) is 0 Å². The first-order valence-electron chi connectivity index (χ1n) is 4.25. The van der Waals surface area contributed by atoms with E-state index in [2.05, 4.69) is 13.5 Å². The van der Waals surface area contributed by atoms with Crippen molar-refractivity contribution in [2.75, 3.05) is 13.6 Å². The molecule has 70 valence electrons. The molecule has 0 aromatic carbocycles. The van der Waals surface area contributed by atoms with Crippen LogP contribution in [0.3, 0.4) is 0 Å². The van der Waals surface area contributed by atoms with E-state index in [1.54, 1.807) is 11.9 Å². The number of hydrogen-bond donors (Lipinski definition) is 1. The summed E-state index contributed by atoms with van der Waals surface area (Å²) in [6.45, 7) is 5.99. The molecule has 0 amide bonds. The number of carbonyl (C=O) groups is 1. The number of rotatable bonds is 6. The van der Waals surface area contributed by atoms with E-state index in [1.165, 1.54) is 0 Å². The normalized spacial score (nSPS) is 9.50. The first-order chi connectivity index (χ1) is 5.57. The second-order valence-electron chi connectivity index (χ2n) is 2.99. The molecule has 2 N–H and O–H groups in total. The average Bonchev–Trinajstić information content (AvgIpc) is 2.00. The molecule has 0 bridgehead atoms. The SMILES string of the molecule is C=C(N)N(C)CC(=O)CCCC. The van der Waals surface area contributed by atoms with Gasteiger partial charge in [0, 0.05) is 13.5 Å². The number of nitrogens with two attached hydrogens (primary N) is 1. The summed E-state index contributed by atoms with van der Waals surface area (Å²) in [6, 6.07) is 0. The zero-order valence-corrected chi connectivity index (χ0v) is 7.97. The first-order valence-corrected chi connectivity index (χ1v) is 4.25. The summed E-state index contributed by atoms with van der Waals surface area (Å²) in [4.78, 5) is 12.8. The van der Waals surface area contributed by atoms with E-state index in [-0.39, 0.29) is 5.78 Å². The Morgan fingerprint density at radius 3 is 2.58 bits per heavy atom. The minimum Gasteiger partial charge on any atom is -0.386 e. The van der Waals surface area contributed by atoms with Gasteiger partial charge in [0.05, 0.1) is 12.4 Å². The fourth-order valence-electron chi connectivity index (χ4n) is 0.819. The zero-order chi connectivity index (χ0) is 9.56. The lowest BCUT2D eigenvalue weighted by molar-refractivity contribution is -0.119. The van der Waals surface area contributed by atoms with E-state index in [0.29, 0.717) is 18.8 Å². The Morgan fingerprint density at radius 2 is 2.17 bits per heavy atom. The van der Waals surface area contributed by atoms with Crippen molar-refractivity contribution in [2.45, 2.75) is 26.2 Å². The van der Waals surface area contributed by atoms with Crippen molar-refractivity contribution in [1.29, 1.82) is 0 Å². The Morgan fingerprint density at radius 1 is 1.58 bits per heavy atom. The number of hydrogen-bond acceptors (Lipinski definition) is 3. The van der Waals surface area contributed by atoms with Gasteiger partial charge in [0.2, 0.25) is 0 Å². The van der Waals surface area contributed by atoms with Crippen LogP contribution in [0.5, 0.6) is 0 Å². The van der Waals surface area contributed by atoms with Crippen molar-refractivity contribution in [3.05, 3.63) is 12.4 Å². The van der Waals surface area contributed by atoms with Crippen LogP contribution in [0.25, 0.3) is 0 Å². The minimum absolute atomic E-state index is 0.228. The highest BCUT2D eigenvalue weighted by atomic mass is 16.1. The summed E-state index contributed by atoms with van der Waals surface area (Å²) in [5.41, 5.74) is 5.39. The van der Waals surface area contributed by atoms with Crippen molar-refractivity contribution in [2.24, 2.45) is 5.73 Å². The molecule has 0 fully saturated rings. The maximum absolute atomic E-state index is 11.2. The molecule has 0 saturated carbocycles. The molecule has 0 aliphatic carbocycles. The molecule has 0 radical (unpaired) electrons. The number of unbranched alkanes of at least 4 members (excludes halogenated alkanes) is 1. The van der Waals surface area contributed by atoms with Gasteiger partial charge in [-0.25, -0.2) is 0 Å². The van der Waals surface area contributed by atoms with E-state index in [1.807, 2.05) is 0 Å². The maximum Gasteiger partial charge on any atom is 0.152 e. The molecule has 0 unspecified atom stereocenters. The lowest BCUT2D eigenvalue weighted by Gasteiger charge is -2.16. The summed E-state index contributed by atoms with van der Waals surface area (Å²) < 4.78 is 0. The van der Waals surface area contributed by atoms with Gasteiger partial charge in [-0.15, -0.1) is 0 Å². The standard InChI is InChI=1S/C9H18N2O/c1-4-5-6-9(12)7-11(3)8(2)10/h2,4-7,10H2,1,3H3. The average molecular weight is 170 g/mol. The van der Waals surface area contributed by atoms with Crippen LogP contribution in [-0.2, 0) is 4.79 Å². The second kappa shape index (κ2) is 5.63. The minimum atomic E-state index is 0.228. The van der Waals surface area contributed by atoms with E-state index < -0.39 is 0 Å². The Labute approximate surface area is 74.2 Å². The van der Waals surface area contributed by atoms with Gasteiger partial charge in [0.25, 0.3) is 0 Å². The van der Waals surface area contributed by atoms with Crippen molar-refractivity contribution in [1.82, 2.24) is 4.90 Å².